The van der Waals surface area contributed by atoms with E-state index in [0.29, 0.717) is 17.9 Å². The minimum Gasteiger partial charge on any atom is -0.322 e. The maximum Gasteiger partial charge on any atom is 0.274 e. The van der Waals surface area contributed by atoms with Gasteiger partial charge in [-0.05, 0) is 17.9 Å². The molecule has 0 aromatic carbocycles. The molecule has 0 fully saturated rings. The average molecular weight is 236 g/mol. The van der Waals surface area contributed by atoms with Crippen LogP contribution in [0.3, 0.4) is 0 Å². The molecular weight excluding hydrogens is 224 g/mol. The van der Waals surface area contributed by atoms with E-state index in [1.54, 1.807) is 0 Å². The van der Waals surface area contributed by atoms with E-state index >= 15 is 0 Å². The SMILES string of the molecule is CCC(N)c1nnc(-c2cccs2)[nH]c1=O. The molecule has 3 N–H and O–H groups in total. The van der Waals surface area contributed by atoms with E-state index in [1.165, 1.54) is 11.3 Å². The molecular formula is C10H12N4OS. The predicted octanol–water partition coefficient (Wildman–Crippen LogP) is 1.30. The van der Waals surface area contributed by atoms with Gasteiger partial charge in [0.25, 0.3) is 5.56 Å². The van der Waals surface area contributed by atoms with Crippen molar-refractivity contribution in [2.24, 2.45) is 5.73 Å². The van der Waals surface area contributed by atoms with Gasteiger partial charge in [0.1, 0.15) is 5.69 Å². The molecule has 2 rings (SSSR count). The van der Waals surface area contributed by atoms with Crippen LogP contribution in [0.5, 0.6) is 0 Å². The van der Waals surface area contributed by atoms with Gasteiger partial charge in [-0.25, -0.2) is 0 Å². The molecule has 6 heteroatoms. The Morgan fingerprint density at radius 3 is 2.94 bits per heavy atom. The van der Waals surface area contributed by atoms with Crippen LogP contribution in [0.1, 0.15) is 25.1 Å². The zero-order valence-corrected chi connectivity index (χ0v) is 9.62. The topological polar surface area (TPSA) is 84.7 Å². The fraction of sp³-hybridized carbons (Fsp3) is 0.300. The summed E-state index contributed by atoms with van der Waals surface area (Å²) in [4.78, 5) is 15.3. The molecule has 0 radical (unpaired) electrons. The Morgan fingerprint density at radius 2 is 2.38 bits per heavy atom. The highest BCUT2D eigenvalue weighted by molar-refractivity contribution is 7.13. The van der Waals surface area contributed by atoms with Crippen LogP contribution in [0, 0.1) is 0 Å². The highest BCUT2D eigenvalue weighted by atomic mass is 32.1. The first-order valence-corrected chi connectivity index (χ1v) is 5.86. The predicted molar refractivity (Wildman–Crippen MR) is 63.2 cm³/mol. The van der Waals surface area contributed by atoms with Crippen molar-refractivity contribution in [3.63, 3.8) is 0 Å². The van der Waals surface area contributed by atoms with Crippen LogP contribution in [0.2, 0.25) is 0 Å². The summed E-state index contributed by atoms with van der Waals surface area (Å²) in [5.74, 6) is 0.493. The third-order valence-corrected chi connectivity index (χ3v) is 3.14. The van der Waals surface area contributed by atoms with Crippen LogP contribution >= 0.6 is 11.3 Å². The summed E-state index contributed by atoms with van der Waals surface area (Å²) < 4.78 is 0. The minimum atomic E-state index is -0.353. The monoisotopic (exact) mass is 236 g/mol. The first kappa shape index (κ1) is 11.0. The number of nitrogens with one attached hydrogen (secondary N) is 1. The van der Waals surface area contributed by atoms with E-state index in [4.69, 9.17) is 5.73 Å². The summed E-state index contributed by atoms with van der Waals surface area (Å²) in [5, 5.41) is 9.79. The van der Waals surface area contributed by atoms with Crippen molar-refractivity contribution in [3.05, 3.63) is 33.6 Å². The molecule has 1 atom stereocenters. The molecule has 0 aliphatic heterocycles. The number of rotatable bonds is 3. The smallest absolute Gasteiger partial charge is 0.274 e. The van der Waals surface area contributed by atoms with Crippen LogP contribution in [0.25, 0.3) is 10.7 Å². The largest absolute Gasteiger partial charge is 0.322 e. The van der Waals surface area contributed by atoms with Crippen molar-refractivity contribution < 1.29 is 0 Å². The molecule has 0 bridgehead atoms. The number of nitrogens with two attached hydrogens (primary N) is 1. The molecule has 0 aliphatic carbocycles. The first-order valence-electron chi connectivity index (χ1n) is 4.98. The van der Waals surface area contributed by atoms with Crippen molar-refractivity contribution in [3.8, 4) is 10.7 Å². The van der Waals surface area contributed by atoms with Gasteiger partial charge in [-0.2, -0.15) is 0 Å². The molecule has 0 spiro atoms. The normalized spacial score (nSPS) is 12.6. The summed E-state index contributed by atoms with van der Waals surface area (Å²) in [6, 6.07) is 3.42. The molecule has 16 heavy (non-hydrogen) atoms. The summed E-state index contributed by atoms with van der Waals surface area (Å²) in [6.45, 7) is 1.90. The minimum absolute atomic E-state index is 0.257. The fourth-order valence-electron chi connectivity index (χ4n) is 1.31. The molecule has 0 saturated heterocycles. The van der Waals surface area contributed by atoms with Crippen molar-refractivity contribution in [2.75, 3.05) is 0 Å². The number of hydrogen-bond acceptors (Lipinski definition) is 5. The maximum absolute atomic E-state index is 11.7. The summed E-state index contributed by atoms with van der Waals surface area (Å²) in [6.07, 6.45) is 0.663. The van der Waals surface area contributed by atoms with Gasteiger partial charge >= 0.3 is 0 Å². The van der Waals surface area contributed by atoms with Crippen molar-refractivity contribution >= 4 is 11.3 Å². The van der Waals surface area contributed by atoms with Gasteiger partial charge in [-0.15, -0.1) is 21.5 Å². The standard InChI is InChI=1S/C10H12N4OS/c1-2-6(11)8-10(15)12-9(14-13-8)7-4-3-5-16-7/h3-6H,2,11H2,1H3,(H,12,14,15). The summed E-state index contributed by atoms with van der Waals surface area (Å²) >= 11 is 1.50. The van der Waals surface area contributed by atoms with Crippen LogP contribution in [0.4, 0.5) is 0 Å². The second-order valence-electron chi connectivity index (χ2n) is 3.38. The summed E-state index contributed by atoms with van der Waals surface area (Å²) in [5.41, 5.74) is 5.78. The Kier molecular flexibility index (Phi) is 3.12. The van der Waals surface area contributed by atoms with E-state index in [-0.39, 0.29) is 11.6 Å². The molecule has 5 nitrogen and oxygen atoms in total. The third-order valence-electron chi connectivity index (χ3n) is 2.27. The van der Waals surface area contributed by atoms with Crippen molar-refractivity contribution in [2.45, 2.75) is 19.4 Å². The van der Waals surface area contributed by atoms with Crippen molar-refractivity contribution in [1.82, 2.24) is 15.2 Å². The molecule has 0 saturated carbocycles. The lowest BCUT2D eigenvalue weighted by atomic mass is 10.2. The highest BCUT2D eigenvalue weighted by Crippen LogP contribution is 2.19. The van der Waals surface area contributed by atoms with Crippen LogP contribution in [-0.2, 0) is 0 Å². The van der Waals surface area contributed by atoms with E-state index in [9.17, 15) is 4.79 Å². The Morgan fingerprint density at radius 1 is 1.56 bits per heavy atom. The Hall–Kier alpha value is -1.53. The lowest BCUT2D eigenvalue weighted by Gasteiger charge is -2.05. The molecule has 2 aromatic rings. The quantitative estimate of drug-likeness (QED) is 0.841. The number of nitrogens with zero attached hydrogens (tertiary/aromatic N) is 2. The second-order valence-corrected chi connectivity index (χ2v) is 4.33. The lowest BCUT2D eigenvalue weighted by Crippen LogP contribution is -2.24. The zero-order valence-electron chi connectivity index (χ0n) is 8.80. The van der Waals surface area contributed by atoms with Crippen LogP contribution < -0.4 is 11.3 Å². The molecule has 0 amide bonds. The third kappa shape index (κ3) is 2.02. The number of hydrogen-bond donors (Lipinski definition) is 2. The van der Waals surface area contributed by atoms with Gasteiger partial charge in [-0.3, -0.25) is 4.79 Å². The highest BCUT2D eigenvalue weighted by Gasteiger charge is 2.12. The second kappa shape index (κ2) is 4.54. The van der Waals surface area contributed by atoms with E-state index < -0.39 is 0 Å². The van der Waals surface area contributed by atoms with E-state index in [0.717, 1.165) is 4.88 Å². The van der Waals surface area contributed by atoms with E-state index in [2.05, 4.69) is 15.2 Å². The van der Waals surface area contributed by atoms with Crippen LogP contribution in [-0.4, -0.2) is 15.2 Å². The molecule has 2 aromatic heterocycles. The van der Waals surface area contributed by atoms with Gasteiger partial charge in [0, 0.05) is 0 Å². The maximum atomic E-state index is 11.7. The van der Waals surface area contributed by atoms with Gasteiger partial charge in [0.2, 0.25) is 0 Å². The van der Waals surface area contributed by atoms with Crippen LogP contribution in [0.15, 0.2) is 22.3 Å². The lowest BCUT2D eigenvalue weighted by molar-refractivity contribution is 0.645. The molecule has 2 heterocycles. The van der Waals surface area contributed by atoms with Gasteiger partial charge in [0.05, 0.1) is 10.9 Å². The summed E-state index contributed by atoms with van der Waals surface area (Å²) in [7, 11) is 0. The molecule has 0 aliphatic rings. The first-order chi connectivity index (χ1) is 7.72. The number of aromatic amines is 1. The Bertz CT molecular complexity index is 520. The van der Waals surface area contributed by atoms with Gasteiger partial charge in [0.15, 0.2) is 5.82 Å². The van der Waals surface area contributed by atoms with Gasteiger partial charge in [-0.1, -0.05) is 13.0 Å². The molecule has 84 valence electrons. The average Bonchev–Trinajstić information content (AvgIpc) is 2.81. The fourth-order valence-corrected chi connectivity index (χ4v) is 1.97. The van der Waals surface area contributed by atoms with Crippen molar-refractivity contribution in [1.29, 1.82) is 0 Å². The Balaban J connectivity index is 2.41. The zero-order chi connectivity index (χ0) is 11.5. The number of H-pyrrole nitrogens is 1. The van der Waals surface area contributed by atoms with E-state index in [1.807, 2.05) is 24.4 Å². The number of thiophene rings is 1. The Labute approximate surface area is 96.4 Å². The molecule has 1 unspecified atom stereocenters. The van der Waals surface area contributed by atoms with Gasteiger partial charge < -0.3 is 10.7 Å². The number of aromatic nitrogens is 3.